The van der Waals surface area contributed by atoms with Crippen molar-refractivity contribution < 1.29 is 24.1 Å². The monoisotopic (exact) mass is 412 g/mol. The fraction of sp³-hybridized carbons (Fsp3) is 0.304. The fourth-order valence-corrected chi connectivity index (χ4v) is 3.44. The molecule has 2 heterocycles. The minimum Gasteiger partial charge on any atom is -0.469 e. The van der Waals surface area contributed by atoms with Crippen molar-refractivity contribution in [2.24, 2.45) is 0 Å². The SMILES string of the molecule is CCc1c(/C=C/C(O)CC(O)CC(=O)OC)c(-c2ccc(F)cc2)nn2cccc12. The number of halogens is 1. The van der Waals surface area contributed by atoms with Gasteiger partial charge in [-0.25, -0.2) is 8.91 Å². The zero-order valence-electron chi connectivity index (χ0n) is 17.0. The standard InChI is InChI=1S/C23H25FN2O4/c1-3-19-20(11-10-17(27)13-18(28)14-22(29)30-2)23(15-6-8-16(24)9-7-15)25-26-12-4-5-21(19)26/h4-12,17-18,27-28H,3,13-14H2,1-2H3/b11-10+. The molecular formula is C23H25FN2O4. The second-order valence-electron chi connectivity index (χ2n) is 7.04. The quantitative estimate of drug-likeness (QED) is 0.554. The average Bonchev–Trinajstić information content (AvgIpc) is 3.19. The summed E-state index contributed by atoms with van der Waals surface area (Å²) in [6.07, 6.45) is 3.78. The van der Waals surface area contributed by atoms with Crippen LogP contribution in [0.3, 0.4) is 0 Å². The molecule has 158 valence electrons. The molecule has 30 heavy (non-hydrogen) atoms. The predicted octanol–water partition coefficient (Wildman–Crippen LogP) is 3.39. The molecule has 7 heteroatoms. The van der Waals surface area contributed by atoms with Gasteiger partial charge in [-0.1, -0.05) is 19.1 Å². The molecule has 0 saturated heterocycles. The molecule has 2 atom stereocenters. The van der Waals surface area contributed by atoms with Crippen molar-refractivity contribution in [1.29, 1.82) is 0 Å². The predicted molar refractivity (Wildman–Crippen MR) is 112 cm³/mol. The molecule has 2 N–H and O–H groups in total. The number of benzene rings is 1. The van der Waals surface area contributed by atoms with Crippen LogP contribution in [-0.4, -0.2) is 45.1 Å². The van der Waals surface area contributed by atoms with Crippen LogP contribution in [0.5, 0.6) is 0 Å². The summed E-state index contributed by atoms with van der Waals surface area (Å²) < 4.78 is 19.7. The highest BCUT2D eigenvalue weighted by Crippen LogP contribution is 2.29. The number of aromatic nitrogens is 2. The molecule has 6 nitrogen and oxygen atoms in total. The first-order chi connectivity index (χ1) is 14.4. The molecule has 3 aromatic rings. The van der Waals surface area contributed by atoms with E-state index in [1.807, 2.05) is 25.3 Å². The molecule has 0 spiro atoms. The van der Waals surface area contributed by atoms with E-state index in [4.69, 9.17) is 0 Å². The second kappa shape index (κ2) is 9.65. The summed E-state index contributed by atoms with van der Waals surface area (Å²) in [6, 6.07) is 9.97. The van der Waals surface area contributed by atoms with Crippen LogP contribution in [0.1, 0.15) is 30.9 Å². The van der Waals surface area contributed by atoms with Gasteiger partial charge in [0.25, 0.3) is 0 Å². The van der Waals surface area contributed by atoms with E-state index < -0.39 is 18.2 Å². The molecule has 0 aliphatic rings. The third-order valence-electron chi connectivity index (χ3n) is 4.93. The van der Waals surface area contributed by atoms with Gasteiger partial charge >= 0.3 is 5.97 Å². The van der Waals surface area contributed by atoms with Crippen molar-refractivity contribution in [1.82, 2.24) is 9.61 Å². The first kappa shape index (κ1) is 21.7. The van der Waals surface area contributed by atoms with E-state index in [2.05, 4.69) is 9.84 Å². The van der Waals surface area contributed by atoms with E-state index in [-0.39, 0.29) is 18.7 Å². The van der Waals surface area contributed by atoms with Gasteiger partial charge in [-0.05, 0) is 48.4 Å². The normalized spacial score (nSPS) is 13.6. The lowest BCUT2D eigenvalue weighted by Crippen LogP contribution is -2.20. The summed E-state index contributed by atoms with van der Waals surface area (Å²) in [5.41, 5.74) is 4.21. The van der Waals surface area contributed by atoms with Gasteiger partial charge in [0.05, 0.1) is 36.9 Å². The third kappa shape index (κ3) is 4.93. The van der Waals surface area contributed by atoms with Crippen LogP contribution in [0.4, 0.5) is 4.39 Å². The van der Waals surface area contributed by atoms with Gasteiger partial charge in [0, 0.05) is 23.7 Å². The van der Waals surface area contributed by atoms with E-state index in [0.29, 0.717) is 5.69 Å². The number of aliphatic hydroxyl groups is 2. The highest BCUT2D eigenvalue weighted by Gasteiger charge is 2.17. The Morgan fingerprint density at radius 1 is 1.27 bits per heavy atom. The molecule has 0 aliphatic heterocycles. The summed E-state index contributed by atoms with van der Waals surface area (Å²) >= 11 is 0. The van der Waals surface area contributed by atoms with Crippen LogP contribution < -0.4 is 0 Å². The minimum absolute atomic E-state index is 0.000258. The Bertz CT molecular complexity index is 1040. The Labute approximate surface area is 174 Å². The number of ether oxygens (including phenoxy) is 1. The van der Waals surface area contributed by atoms with E-state index >= 15 is 0 Å². The van der Waals surface area contributed by atoms with Crippen LogP contribution in [0.25, 0.3) is 22.9 Å². The Morgan fingerprint density at radius 2 is 2.00 bits per heavy atom. The number of hydrogen-bond acceptors (Lipinski definition) is 5. The lowest BCUT2D eigenvalue weighted by Gasteiger charge is -2.15. The Hall–Kier alpha value is -3.03. The highest BCUT2D eigenvalue weighted by molar-refractivity contribution is 5.78. The highest BCUT2D eigenvalue weighted by atomic mass is 19.1. The summed E-state index contributed by atoms with van der Waals surface area (Å²) in [5.74, 6) is -0.864. The summed E-state index contributed by atoms with van der Waals surface area (Å²) in [6.45, 7) is 2.03. The van der Waals surface area contributed by atoms with Crippen molar-refractivity contribution in [3.63, 3.8) is 0 Å². The van der Waals surface area contributed by atoms with Crippen LogP contribution in [0.15, 0.2) is 48.7 Å². The Kier molecular flexibility index (Phi) is 6.97. The first-order valence-electron chi connectivity index (χ1n) is 9.80. The number of esters is 1. The molecule has 0 aliphatic carbocycles. The maximum Gasteiger partial charge on any atom is 0.308 e. The number of methoxy groups -OCH3 is 1. The van der Waals surface area contributed by atoms with Gasteiger partial charge in [-0.2, -0.15) is 5.10 Å². The number of aliphatic hydroxyl groups excluding tert-OH is 2. The molecule has 0 fully saturated rings. The zero-order chi connectivity index (χ0) is 21.7. The van der Waals surface area contributed by atoms with Crippen LogP contribution in [-0.2, 0) is 16.0 Å². The molecule has 2 unspecified atom stereocenters. The summed E-state index contributed by atoms with van der Waals surface area (Å²) in [5, 5.41) is 25.0. The lowest BCUT2D eigenvalue weighted by molar-refractivity contribution is -0.143. The van der Waals surface area contributed by atoms with Crippen molar-refractivity contribution in [2.75, 3.05) is 7.11 Å². The van der Waals surface area contributed by atoms with Crippen molar-refractivity contribution >= 4 is 17.6 Å². The average molecular weight is 412 g/mol. The molecule has 0 radical (unpaired) electrons. The van der Waals surface area contributed by atoms with Gasteiger partial charge < -0.3 is 14.9 Å². The lowest BCUT2D eigenvalue weighted by atomic mass is 9.98. The van der Waals surface area contributed by atoms with Gasteiger partial charge in [0.15, 0.2) is 0 Å². The van der Waals surface area contributed by atoms with Gasteiger partial charge in [0.1, 0.15) is 5.82 Å². The number of rotatable bonds is 8. The van der Waals surface area contributed by atoms with Crippen LogP contribution >= 0.6 is 0 Å². The number of nitrogens with zero attached hydrogens (tertiary/aromatic N) is 2. The minimum atomic E-state index is -1.01. The van der Waals surface area contributed by atoms with E-state index in [0.717, 1.165) is 28.6 Å². The number of aryl methyl sites for hydroxylation is 1. The molecule has 0 bridgehead atoms. The van der Waals surface area contributed by atoms with Crippen molar-refractivity contribution in [3.8, 4) is 11.3 Å². The smallest absolute Gasteiger partial charge is 0.308 e. The molecule has 0 amide bonds. The summed E-state index contributed by atoms with van der Waals surface area (Å²) in [4.78, 5) is 11.3. The number of carbonyl (C=O) groups excluding carboxylic acids is 1. The maximum absolute atomic E-state index is 13.4. The largest absolute Gasteiger partial charge is 0.469 e. The van der Waals surface area contributed by atoms with Crippen molar-refractivity contribution in [2.45, 2.75) is 38.4 Å². The Balaban J connectivity index is 1.96. The van der Waals surface area contributed by atoms with E-state index in [9.17, 15) is 19.4 Å². The van der Waals surface area contributed by atoms with Crippen LogP contribution in [0.2, 0.25) is 0 Å². The summed E-state index contributed by atoms with van der Waals surface area (Å²) in [7, 11) is 1.25. The van der Waals surface area contributed by atoms with E-state index in [1.54, 1.807) is 28.8 Å². The number of carbonyl (C=O) groups is 1. The topological polar surface area (TPSA) is 84.1 Å². The van der Waals surface area contributed by atoms with Crippen molar-refractivity contribution in [3.05, 3.63) is 65.6 Å². The fourth-order valence-electron chi connectivity index (χ4n) is 3.44. The van der Waals surface area contributed by atoms with E-state index in [1.165, 1.54) is 19.2 Å². The molecular weight excluding hydrogens is 387 g/mol. The third-order valence-corrected chi connectivity index (χ3v) is 4.93. The van der Waals surface area contributed by atoms with Gasteiger partial charge in [-0.3, -0.25) is 4.79 Å². The number of fused-ring (bicyclic) bond motifs is 1. The Morgan fingerprint density at radius 3 is 2.67 bits per heavy atom. The second-order valence-corrected chi connectivity index (χ2v) is 7.04. The first-order valence-corrected chi connectivity index (χ1v) is 9.80. The number of hydrogen-bond donors (Lipinski definition) is 2. The molecule has 0 saturated carbocycles. The van der Waals surface area contributed by atoms with Gasteiger partial charge in [0.2, 0.25) is 0 Å². The van der Waals surface area contributed by atoms with Gasteiger partial charge in [-0.15, -0.1) is 0 Å². The van der Waals surface area contributed by atoms with Crippen LogP contribution in [0, 0.1) is 5.82 Å². The maximum atomic E-state index is 13.4. The zero-order valence-corrected chi connectivity index (χ0v) is 17.0. The molecule has 2 aromatic heterocycles. The molecule has 3 rings (SSSR count). The molecule has 1 aromatic carbocycles.